The molecule has 1 aromatic rings. The summed E-state index contributed by atoms with van der Waals surface area (Å²) in [5, 5.41) is 0.461. The zero-order valence-corrected chi connectivity index (χ0v) is 20.4. The Morgan fingerprint density at radius 2 is 1.56 bits per heavy atom. The number of carbonyl (C=O) groups excluding carboxylic acids is 5. The normalized spacial score (nSPS) is 30.3. The monoisotopic (exact) mass is 589 g/mol. The van der Waals surface area contributed by atoms with Crippen molar-refractivity contribution in [3.8, 4) is 0 Å². The van der Waals surface area contributed by atoms with E-state index in [1.807, 2.05) is 0 Å². The third-order valence-corrected chi connectivity index (χ3v) is 9.61. The summed E-state index contributed by atoms with van der Waals surface area (Å²) in [5.41, 5.74) is 4.57. The zero-order chi connectivity index (χ0) is 23.2. The van der Waals surface area contributed by atoms with E-state index in [4.69, 9.17) is 16.3 Å². The lowest BCUT2D eigenvalue weighted by molar-refractivity contribution is -0.155. The second kappa shape index (κ2) is 9.11. The van der Waals surface area contributed by atoms with Gasteiger partial charge in [0.15, 0.2) is 6.61 Å². The van der Waals surface area contributed by atoms with E-state index in [2.05, 4.69) is 42.7 Å². The van der Waals surface area contributed by atoms with E-state index in [0.717, 1.165) is 11.3 Å². The van der Waals surface area contributed by atoms with E-state index < -0.39 is 42.8 Å². The molecule has 4 amide bonds. The Morgan fingerprint density at radius 3 is 2.12 bits per heavy atom. The summed E-state index contributed by atoms with van der Waals surface area (Å²) in [6, 6.07) is 6.00. The third kappa shape index (κ3) is 4.17. The van der Waals surface area contributed by atoms with Crippen LogP contribution in [0.4, 0.5) is 0 Å². The van der Waals surface area contributed by atoms with Crippen molar-refractivity contribution >= 4 is 73.1 Å². The molecule has 0 spiro atoms. The molecule has 1 aliphatic heterocycles. The van der Waals surface area contributed by atoms with E-state index in [1.165, 1.54) is 24.3 Å². The van der Waals surface area contributed by atoms with Crippen LogP contribution in [0, 0.1) is 23.7 Å². The number of hydrogen-bond donors (Lipinski definition) is 2. The number of hydrazine groups is 1. The van der Waals surface area contributed by atoms with E-state index in [0.29, 0.717) is 5.02 Å². The molecule has 32 heavy (non-hydrogen) atoms. The molecular weight excluding hydrogens is 573 g/mol. The van der Waals surface area contributed by atoms with Crippen molar-refractivity contribution < 1.29 is 28.7 Å². The van der Waals surface area contributed by atoms with Gasteiger partial charge in [0.05, 0.1) is 11.8 Å². The molecule has 4 rings (SSSR count). The molecule has 1 saturated heterocycles. The average molecular weight is 592 g/mol. The number of amides is 4. The fraction of sp³-hybridized carbons (Fsp3) is 0.450. The summed E-state index contributed by atoms with van der Waals surface area (Å²) in [5.74, 6) is -3.74. The molecule has 2 saturated carbocycles. The van der Waals surface area contributed by atoms with Gasteiger partial charge in [-0.3, -0.25) is 39.7 Å². The number of alkyl halides is 2. The number of halogens is 3. The van der Waals surface area contributed by atoms with Crippen LogP contribution in [-0.4, -0.2) is 57.3 Å². The van der Waals surface area contributed by atoms with Crippen molar-refractivity contribution in [2.75, 3.05) is 13.2 Å². The molecule has 0 aromatic heterocycles. The first-order valence-corrected chi connectivity index (χ1v) is 12.0. The van der Waals surface area contributed by atoms with Crippen molar-refractivity contribution in [2.24, 2.45) is 23.7 Å². The van der Waals surface area contributed by atoms with Crippen LogP contribution < -0.4 is 10.9 Å². The summed E-state index contributed by atoms with van der Waals surface area (Å²) in [7, 11) is 0. The van der Waals surface area contributed by atoms with Crippen LogP contribution in [-0.2, 0) is 23.9 Å². The number of nitrogens with zero attached hydrogens (tertiary/aromatic N) is 1. The predicted octanol–water partition coefficient (Wildman–Crippen LogP) is 1.42. The van der Waals surface area contributed by atoms with Crippen molar-refractivity contribution in [3.63, 3.8) is 0 Å². The Bertz CT molecular complexity index is 958. The first-order chi connectivity index (χ1) is 15.2. The standard InChI is InChI=1S/C20H18Br2ClN3O6/c21-16-10-5-11(17(16)22)15-14(10)19(30)26(20(15)31)6-13(28)32-7-12(27)24-25-18(29)8-1-3-9(23)4-2-8/h1-4,10-11,14-17H,5-7H2,(H,24,27)(H,25,29)/t10-,11-,14-,15-,16-,17+/m1/s1. The maximum atomic E-state index is 12.8. The Kier molecular flexibility index (Phi) is 6.60. The van der Waals surface area contributed by atoms with Gasteiger partial charge in [-0.1, -0.05) is 43.5 Å². The first kappa shape index (κ1) is 23.2. The van der Waals surface area contributed by atoms with Gasteiger partial charge in [0.2, 0.25) is 11.8 Å². The number of esters is 1. The van der Waals surface area contributed by atoms with E-state index in [9.17, 15) is 24.0 Å². The summed E-state index contributed by atoms with van der Waals surface area (Å²) in [6.07, 6.45) is 0.791. The molecule has 1 heterocycles. The molecular formula is C20H18Br2ClN3O6. The number of imide groups is 1. The topological polar surface area (TPSA) is 122 Å². The van der Waals surface area contributed by atoms with Gasteiger partial charge < -0.3 is 4.74 Å². The van der Waals surface area contributed by atoms with Gasteiger partial charge in [-0.25, -0.2) is 0 Å². The van der Waals surface area contributed by atoms with Gasteiger partial charge in [0.25, 0.3) is 11.8 Å². The number of rotatable bonds is 5. The minimum Gasteiger partial charge on any atom is -0.454 e. The fourth-order valence-corrected chi connectivity index (χ4v) is 6.72. The molecule has 1 aromatic carbocycles. The molecule has 0 radical (unpaired) electrons. The summed E-state index contributed by atoms with van der Waals surface area (Å²) in [4.78, 5) is 62.6. The summed E-state index contributed by atoms with van der Waals surface area (Å²) in [6.45, 7) is -1.23. The summed E-state index contributed by atoms with van der Waals surface area (Å²) >= 11 is 12.9. The largest absolute Gasteiger partial charge is 0.454 e. The van der Waals surface area contributed by atoms with Gasteiger partial charge in [-0.05, 0) is 42.5 Å². The quantitative estimate of drug-likeness (QED) is 0.231. The number of likely N-dealkylation sites (tertiary alicyclic amines) is 1. The average Bonchev–Trinajstić information content (AvgIpc) is 3.37. The molecule has 12 heteroatoms. The lowest BCUT2D eigenvalue weighted by Gasteiger charge is -2.28. The molecule has 6 atom stereocenters. The minimum absolute atomic E-state index is 0.0434. The van der Waals surface area contributed by atoms with Gasteiger partial charge in [-0.15, -0.1) is 0 Å². The van der Waals surface area contributed by atoms with Crippen LogP contribution in [0.5, 0.6) is 0 Å². The third-order valence-electron chi connectivity index (χ3n) is 6.15. The molecule has 2 bridgehead atoms. The molecule has 2 N–H and O–H groups in total. The highest BCUT2D eigenvalue weighted by atomic mass is 79.9. The van der Waals surface area contributed by atoms with Crippen LogP contribution >= 0.6 is 43.5 Å². The highest BCUT2D eigenvalue weighted by Crippen LogP contribution is 2.60. The molecule has 9 nitrogen and oxygen atoms in total. The van der Waals surface area contributed by atoms with E-state index in [-0.39, 0.29) is 38.9 Å². The van der Waals surface area contributed by atoms with E-state index in [1.54, 1.807) is 0 Å². The van der Waals surface area contributed by atoms with Crippen LogP contribution in [0.3, 0.4) is 0 Å². The molecule has 0 unspecified atom stereocenters. The molecule has 2 aliphatic carbocycles. The number of carbonyl (C=O) groups is 5. The Balaban J connectivity index is 1.24. The maximum absolute atomic E-state index is 12.8. The molecule has 3 aliphatic rings. The molecule has 3 fully saturated rings. The number of nitrogens with one attached hydrogen (secondary N) is 2. The number of fused-ring (bicyclic) bond motifs is 5. The number of hydrogen-bond acceptors (Lipinski definition) is 6. The van der Waals surface area contributed by atoms with Gasteiger partial charge in [0.1, 0.15) is 6.54 Å². The number of benzene rings is 1. The fourth-order valence-electron chi connectivity index (χ4n) is 4.72. The second-order valence-corrected chi connectivity index (χ2v) is 10.5. The van der Waals surface area contributed by atoms with Crippen LogP contribution in [0.25, 0.3) is 0 Å². The Labute approximate surface area is 204 Å². The number of ether oxygens (including phenoxy) is 1. The second-order valence-electron chi connectivity index (χ2n) is 7.94. The highest BCUT2D eigenvalue weighted by molar-refractivity contribution is 9.12. The van der Waals surface area contributed by atoms with Crippen LogP contribution in [0.1, 0.15) is 16.8 Å². The zero-order valence-electron chi connectivity index (χ0n) is 16.4. The minimum atomic E-state index is -0.885. The highest BCUT2D eigenvalue weighted by Gasteiger charge is 2.66. The Morgan fingerprint density at radius 1 is 1.00 bits per heavy atom. The Hall–Kier alpha value is -1.98. The van der Waals surface area contributed by atoms with Gasteiger partial charge in [0, 0.05) is 20.2 Å². The van der Waals surface area contributed by atoms with Crippen molar-refractivity contribution in [3.05, 3.63) is 34.9 Å². The van der Waals surface area contributed by atoms with Gasteiger partial charge >= 0.3 is 5.97 Å². The van der Waals surface area contributed by atoms with Crippen LogP contribution in [0.2, 0.25) is 5.02 Å². The van der Waals surface area contributed by atoms with E-state index >= 15 is 0 Å². The summed E-state index contributed by atoms with van der Waals surface area (Å²) < 4.78 is 4.87. The first-order valence-electron chi connectivity index (χ1n) is 9.82. The predicted molar refractivity (Wildman–Crippen MR) is 119 cm³/mol. The maximum Gasteiger partial charge on any atom is 0.326 e. The molecule has 170 valence electrons. The van der Waals surface area contributed by atoms with Gasteiger partial charge in [-0.2, -0.15) is 0 Å². The smallest absolute Gasteiger partial charge is 0.326 e. The van der Waals surface area contributed by atoms with Crippen molar-refractivity contribution in [1.82, 2.24) is 15.8 Å². The lowest BCUT2D eigenvalue weighted by Crippen LogP contribution is -2.44. The lowest BCUT2D eigenvalue weighted by atomic mass is 9.81. The van der Waals surface area contributed by atoms with Crippen LogP contribution in [0.15, 0.2) is 24.3 Å². The van der Waals surface area contributed by atoms with Crippen molar-refractivity contribution in [2.45, 2.75) is 16.1 Å². The van der Waals surface area contributed by atoms with Crippen molar-refractivity contribution in [1.29, 1.82) is 0 Å². The SMILES string of the molecule is O=C(COC(=O)CN1C(=O)[C@@H]2[C@H]3C[C@@H]([C@@H](Br)[C@H]3Br)[C@H]2C1=O)NNC(=O)c1ccc(Cl)cc1.